The smallest absolute Gasteiger partial charge is 0.481 e. The normalized spacial score (nSPS) is 14.0. The van der Waals surface area contributed by atoms with Crippen LogP contribution in [-0.4, -0.2) is 34.9 Å². The highest BCUT2D eigenvalue weighted by Gasteiger charge is 2.31. The van der Waals surface area contributed by atoms with Crippen molar-refractivity contribution in [2.75, 3.05) is 11.9 Å². The van der Waals surface area contributed by atoms with Crippen molar-refractivity contribution >= 4 is 17.7 Å². The van der Waals surface area contributed by atoms with E-state index in [2.05, 4.69) is 26.4 Å². The Kier molecular flexibility index (Phi) is 8.13. The summed E-state index contributed by atoms with van der Waals surface area (Å²) in [6, 6.07) is 8.02. The molecule has 2 aromatic rings. The van der Waals surface area contributed by atoms with Crippen molar-refractivity contribution in [1.82, 2.24) is 10.3 Å². The number of aromatic nitrogens is 1. The highest BCUT2D eigenvalue weighted by molar-refractivity contribution is 5.77. The Morgan fingerprint density at radius 3 is 2.61 bits per heavy atom. The standard InChI is InChI=1S/C23H26F3N3O4/c24-23(25,26)33-18-11-8-15(9-12-18)19(14-21(31)32)29-20(30)6-2-1-5-17-10-7-16-4-3-13-27-22(16)28-17/h7-12,19H,1-6,13-14H2,(H,27,28)(H,29,30)(H,31,32). The molecule has 0 radical (unpaired) electrons. The van der Waals surface area contributed by atoms with Crippen LogP contribution < -0.4 is 15.4 Å². The second-order valence-electron chi connectivity index (χ2n) is 7.88. The van der Waals surface area contributed by atoms with Crippen LogP contribution in [0.25, 0.3) is 0 Å². The first kappa shape index (κ1) is 24.3. The monoisotopic (exact) mass is 465 g/mol. The van der Waals surface area contributed by atoms with Crippen LogP contribution in [0.5, 0.6) is 5.75 Å². The minimum absolute atomic E-state index is 0.203. The molecule has 0 spiro atoms. The van der Waals surface area contributed by atoms with Crippen molar-refractivity contribution in [3.63, 3.8) is 0 Å². The van der Waals surface area contributed by atoms with E-state index in [0.29, 0.717) is 12.0 Å². The Morgan fingerprint density at radius 1 is 1.15 bits per heavy atom. The lowest BCUT2D eigenvalue weighted by Gasteiger charge is -2.18. The summed E-state index contributed by atoms with van der Waals surface area (Å²) < 4.78 is 40.8. The van der Waals surface area contributed by atoms with E-state index >= 15 is 0 Å². The number of ether oxygens (including phenoxy) is 1. The molecule has 0 saturated heterocycles. The predicted molar refractivity (Wildman–Crippen MR) is 115 cm³/mol. The molecule has 7 nitrogen and oxygen atoms in total. The summed E-state index contributed by atoms with van der Waals surface area (Å²) in [5.41, 5.74) is 2.55. The second kappa shape index (κ2) is 11.0. The average Bonchev–Trinajstić information content (AvgIpc) is 2.75. The van der Waals surface area contributed by atoms with Crippen LogP contribution in [0, 0.1) is 0 Å². The van der Waals surface area contributed by atoms with Crippen molar-refractivity contribution in [2.45, 2.75) is 57.3 Å². The third kappa shape index (κ3) is 7.96. The van der Waals surface area contributed by atoms with E-state index in [1.54, 1.807) is 0 Å². The third-order valence-corrected chi connectivity index (χ3v) is 5.27. The summed E-state index contributed by atoms with van der Waals surface area (Å²) in [6.07, 6.45) is -0.833. The topological polar surface area (TPSA) is 101 Å². The van der Waals surface area contributed by atoms with Gasteiger partial charge in [-0.05, 0) is 61.4 Å². The molecule has 1 aliphatic heterocycles. The number of nitrogens with zero attached hydrogens (tertiary/aromatic N) is 1. The minimum atomic E-state index is -4.82. The lowest BCUT2D eigenvalue weighted by molar-refractivity contribution is -0.274. The molecule has 0 bridgehead atoms. The van der Waals surface area contributed by atoms with Crippen LogP contribution in [0.1, 0.15) is 55.0 Å². The Hall–Kier alpha value is -3.30. The van der Waals surface area contributed by atoms with E-state index in [9.17, 15) is 22.8 Å². The minimum Gasteiger partial charge on any atom is -0.481 e. The number of hydrogen-bond donors (Lipinski definition) is 3. The zero-order valence-corrected chi connectivity index (χ0v) is 18.0. The lowest BCUT2D eigenvalue weighted by Crippen LogP contribution is -2.30. The van der Waals surface area contributed by atoms with E-state index in [1.165, 1.54) is 17.7 Å². The Labute approximate surface area is 189 Å². The number of aryl methyl sites for hydroxylation is 2. The molecule has 1 aromatic carbocycles. The molecule has 178 valence electrons. The molecule has 1 atom stereocenters. The quantitative estimate of drug-likeness (QED) is 0.450. The summed E-state index contributed by atoms with van der Waals surface area (Å²) in [4.78, 5) is 28.2. The van der Waals surface area contributed by atoms with Gasteiger partial charge in [-0.1, -0.05) is 18.2 Å². The summed E-state index contributed by atoms with van der Waals surface area (Å²) in [5, 5.41) is 15.1. The van der Waals surface area contributed by atoms with E-state index in [4.69, 9.17) is 5.11 Å². The first-order chi connectivity index (χ1) is 15.7. The highest BCUT2D eigenvalue weighted by atomic mass is 19.4. The number of pyridine rings is 1. The van der Waals surface area contributed by atoms with Crippen molar-refractivity contribution in [3.8, 4) is 5.75 Å². The molecule has 0 aliphatic carbocycles. The van der Waals surface area contributed by atoms with Gasteiger partial charge in [0, 0.05) is 18.7 Å². The molecule has 33 heavy (non-hydrogen) atoms. The number of nitrogens with one attached hydrogen (secondary N) is 2. The number of alkyl halides is 3. The number of amides is 1. The van der Waals surface area contributed by atoms with Gasteiger partial charge in [-0.15, -0.1) is 13.2 Å². The third-order valence-electron chi connectivity index (χ3n) is 5.27. The molecule has 3 rings (SSSR count). The zero-order chi connectivity index (χ0) is 23.8. The summed E-state index contributed by atoms with van der Waals surface area (Å²) in [7, 11) is 0. The number of halogens is 3. The Balaban J connectivity index is 1.49. The molecule has 3 N–H and O–H groups in total. The SMILES string of the molecule is O=C(O)CC(NC(=O)CCCCc1ccc2c(n1)NCCC2)c1ccc(OC(F)(F)F)cc1. The fraction of sp³-hybridized carbons (Fsp3) is 0.435. The van der Waals surface area contributed by atoms with Crippen LogP contribution in [-0.2, 0) is 22.4 Å². The summed E-state index contributed by atoms with van der Waals surface area (Å²) in [6.45, 7) is 0.916. The number of hydrogen-bond acceptors (Lipinski definition) is 5. The van der Waals surface area contributed by atoms with Gasteiger partial charge >= 0.3 is 12.3 Å². The number of aliphatic carboxylic acids is 1. The summed E-state index contributed by atoms with van der Waals surface area (Å²) >= 11 is 0. The number of anilines is 1. The van der Waals surface area contributed by atoms with Gasteiger partial charge in [0.25, 0.3) is 0 Å². The molecule has 1 unspecified atom stereocenters. The van der Waals surface area contributed by atoms with E-state index < -0.39 is 30.5 Å². The van der Waals surface area contributed by atoms with Gasteiger partial charge in [0.05, 0.1) is 12.5 Å². The van der Waals surface area contributed by atoms with Crippen LogP contribution in [0.15, 0.2) is 36.4 Å². The molecule has 1 aromatic heterocycles. The molecular weight excluding hydrogens is 439 g/mol. The highest BCUT2D eigenvalue weighted by Crippen LogP contribution is 2.26. The largest absolute Gasteiger partial charge is 0.573 e. The molecule has 10 heteroatoms. The Bertz CT molecular complexity index is 964. The number of carboxylic acids is 1. The summed E-state index contributed by atoms with van der Waals surface area (Å²) in [5.74, 6) is -0.947. The fourth-order valence-corrected chi connectivity index (χ4v) is 3.69. The van der Waals surface area contributed by atoms with Crippen LogP contribution in [0.3, 0.4) is 0 Å². The maximum absolute atomic E-state index is 12.4. The number of rotatable bonds is 10. The predicted octanol–water partition coefficient (Wildman–Crippen LogP) is 4.38. The number of unbranched alkanes of at least 4 members (excludes halogenated alkanes) is 1. The average molecular weight is 465 g/mol. The van der Waals surface area contributed by atoms with Crippen LogP contribution >= 0.6 is 0 Å². The number of carbonyl (C=O) groups is 2. The van der Waals surface area contributed by atoms with Gasteiger partial charge in [0.2, 0.25) is 5.91 Å². The van der Waals surface area contributed by atoms with Gasteiger partial charge in [-0.2, -0.15) is 0 Å². The maximum Gasteiger partial charge on any atom is 0.573 e. The first-order valence-corrected chi connectivity index (χ1v) is 10.8. The van der Waals surface area contributed by atoms with E-state index in [0.717, 1.165) is 55.9 Å². The van der Waals surface area contributed by atoms with Gasteiger partial charge < -0.3 is 20.5 Å². The number of carboxylic acid groups (broad SMARTS) is 1. The van der Waals surface area contributed by atoms with Crippen LogP contribution in [0.2, 0.25) is 0 Å². The van der Waals surface area contributed by atoms with Gasteiger partial charge in [0.15, 0.2) is 0 Å². The molecular formula is C23H26F3N3O4. The van der Waals surface area contributed by atoms with Gasteiger partial charge in [-0.3, -0.25) is 9.59 Å². The van der Waals surface area contributed by atoms with Crippen molar-refractivity contribution < 1.29 is 32.6 Å². The van der Waals surface area contributed by atoms with Gasteiger partial charge in [-0.25, -0.2) is 4.98 Å². The molecule has 2 heterocycles. The molecule has 1 amide bonds. The zero-order valence-electron chi connectivity index (χ0n) is 18.0. The number of benzene rings is 1. The molecule has 1 aliphatic rings. The van der Waals surface area contributed by atoms with E-state index in [1.807, 2.05) is 6.07 Å². The molecule has 0 saturated carbocycles. The maximum atomic E-state index is 12.4. The van der Waals surface area contributed by atoms with E-state index in [-0.39, 0.29) is 12.3 Å². The van der Waals surface area contributed by atoms with Crippen LogP contribution in [0.4, 0.5) is 19.0 Å². The van der Waals surface area contributed by atoms with Crippen molar-refractivity contribution in [1.29, 1.82) is 0 Å². The lowest BCUT2D eigenvalue weighted by atomic mass is 10.0. The number of fused-ring (bicyclic) bond motifs is 1. The molecule has 0 fully saturated rings. The van der Waals surface area contributed by atoms with Crippen molar-refractivity contribution in [3.05, 3.63) is 53.2 Å². The fourth-order valence-electron chi connectivity index (χ4n) is 3.69. The van der Waals surface area contributed by atoms with Crippen molar-refractivity contribution in [2.24, 2.45) is 0 Å². The Morgan fingerprint density at radius 2 is 1.91 bits per heavy atom. The first-order valence-electron chi connectivity index (χ1n) is 10.8. The number of carbonyl (C=O) groups excluding carboxylic acids is 1. The van der Waals surface area contributed by atoms with Gasteiger partial charge in [0.1, 0.15) is 11.6 Å². The second-order valence-corrected chi connectivity index (χ2v) is 7.88.